The largest absolute Gasteiger partial charge is 0.449 e. The maximum atomic E-state index is 11.5. The lowest BCUT2D eigenvalue weighted by atomic mass is 10.1. The van der Waals surface area contributed by atoms with E-state index in [4.69, 9.17) is 4.74 Å². The molecule has 1 heterocycles. The van der Waals surface area contributed by atoms with Gasteiger partial charge < -0.3 is 9.64 Å². The summed E-state index contributed by atoms with van der Waals surface area (Å²) in [6.45, 7) is 2.41. The van der Waals surface area contributed by atoms with Gasteiger partial charge in [0.1, 0.15) is 0 Å². The Kier molecular flexibility index (Phi) is 3.27. The second kappa shape index (κ2) is 4.67. The predicted molar refractivity (Wildman–Crippen MR) is 54.1 cm³/mol. The molecule has 2 rings (SSSR count). The van der Waals surface area contributed by atoms with Crippen LogP contribution in [0.15, 0.2) is 0 Å². The van der Waals surface area contributed by atoms with Gasteiger partial charge in [0, 0.05) is 13.1 Å². The molecule has 0 N–H and O–H groups in total. The van der Waals surface area contributed by atoms with Gasteiger partial charge in [-0.15, -0.1) is 0 Å². The fourth-order valence-corrected chi connectivity index (χ4v) is 1.89. The van der Waals surface area contributed by atoms with Crippen molar-refractivity contribution in [3.63, 3.8) is 0 Å². The minimum Gasteiger partial charge on any atom is -0.449 e. The lowest BCUT2D eigenvalue weighted by Gasteiger charge is -2.25. The smallest absolute Gasteiger partial charge is 0.409 e. The quantitative estimate of drug-likeness (QED) is 0.695. The van der Waals surface area contributed by atoms with E-state index in [2.05, 4.69) is 0 Å². The molecule has 0 unspecified atom stereocenters. The molecule has 2 fully saturated rings. The summed E-state index contributed by atoms with van der Waals surface area (Å²) in [4.78, 5) is 13.3. The average molecular weight is 197 g/mol. The van der Waals surface area contributed by atoms with Gasteiger partial charge in [0.15, 0.2) is 0 Å². The highest BCUT2D eigenvalue weighted by Crippen LogP contribution is 2.32. The van der Waals surface area contributed by atoms with Crippen LogP contribution in [0.2, 0.25) is 0 Å². The van der Waals surface area contributed by atoms with E-state index in [9.17, 15) is 4.79 Å². The molecular formula is C11H19NO2. The molecular weight excluding hydrogens is 178 g/mol. The van der Waals surface area contributed by atoms with Crippen molar-refractivity contribution in [2.45, 2.75) is 38.5 Å². The summed E-state index contributed by atoms with van der Waals surface area (Å²) >= 11 is 0. The Morgan fingerprint density at radius 3 is 2.57 bits per heavy atom. The van der Waals surface area contributed by atoms with E-state index in [1.54, 1.807) is 0 Å². The van der Waals surface area contributed by atoms with Crippen LogP contribution < -0.4 is 0 Å². The molecule has 0 radical (unpaired) electrons. The number of nitrogens with zero attached hydrogens (tertiary/aromatic N) is 1. The van der Waals surface area contributed by atoms with Crippen LogP contribution in [0.1, 0.15) is 38.5 Å². The molecule has 1 amide bonds. The number of carbonyl (C=O) groups excluding carboxylic acids is 1. The van der Waals surface area contributed by atoms with E-state index in [1.807, 2.05) is 4.90 Å². The average Bonchev–Trinajstić information content (AvgIpc) is 3.03. The van der Waals surface area contributed by atoms with Crippen molar-refractivity contribution in [3.05, 3.63) is 0 Å². The molecule has 1 aliphatic heterocycles. The fraction of sp³-hybridized carbons (Fsp3) is 0.909. The zero-order valence-electron chi connectivity index (χ0n) is 8.71. The predicted octanol–water partition coefficient (Wildman–Crippen LogP) is 2.41. The second-order valence-electron chi connectivity index (χ2n) is 4.39. The van der Waals surface area contributed by atoms with Gasteiger partial charge in [0.05, 0.1) is 6.61 Å². The molecule has 0 aromatic carbocycles. The van der Waals surface area contributed by atoms with Gasteiger partial charge in [-0.25, -0.2) is 4.79 Å². The Morgan fingerprint density at radius 2 is 1.93 bits per heavy atom. The number of rotatable bonds is 3. The van der Waals surface area contributed by atoms with Gasteiger partial charge in [-0.3, -0.25) is 0 Å². The standard InChI is InChI=1S/C11H19NO2/c13-11(12-7-2-1-3-8-12)14-9-6-10-4-5-10/h10H,1-9H2. The number of carbonyl (C=O) groups is 1. The van der Waals surface area contributed by atoms with Crippen LogP contribution >= 0.6 is 0 Å². The van der Waals surface area contributed by atoms with E-state index >= 15 is 0 Å². The molecule has 2 aliphatic rings. The molecule has 1 saturated heterocycles. The number of amides is 1. The van der Waals surface area contributed by atoms with Crippen LogP contribution in [-0.2, 0) is 4.74 Å². The molecule has 80 valence electrons. The van der Waals surface area contributed by atoms with Crippen molar-refractivity contribution in [2.24, 2.45) is 5.92 Å². The molecule has 0 atom stereocenters. The first kappa shape index (κ1) is 9.81. The lowest BCUT2D eigenvalue weighted by Crippen LogP contribution is -2.36. The Morgan fingerprint density at radius 1 is 1.21 bits per heavy atom. The Bertz CT molecular complexity index is 195. The third-order valence-corrected chi connectivity index (χ3v) is 3.06. The Labute approximate surface area is 85.4 Å². The van der Waals surface area contributed by atoms with Gasteiger partial charge in [0.2, 0.25) is 0 Å². The second-order valence-corrected chi connectivity index (χ2v) is 4.39. The van der Waals surface area contributed by atoms with Gasteiger partial charge in [-0.05, 0) is 31.6 Å². The summed E-state index contributed by atoms with van der Waals surface area (Å²) in [6, 6.07) is 0. The Balaban J connectivity index is 1.60. The van der Waals surface area contributed by atoms with E-state index in [-0.39, 0.29) is 6.09 Å². The maximum Gasteiger partial charge on any atom is 0.409 e. The van der Waals surface area contributed by atoms with Crippen LogP contribution in [-0.4, -0.2) is 30.7 Å². The van der Waals surface area contributed by atoms with E-state index in [1.165, 1.54) is 19.3 Å². The number of piperidine rings is 1. The van der Waals surface area contributed by atoms with Gasteiger partial charge >= 0.3 is 6.09 Å². The van der Waals surface area contributed by atoms with Crippen molar-refractivity contribution in [3.8, 4) is 0 Å². The highest BCUT2D eigenvalue weighted by molar-refractivity contribution is 5.67. The zero-order chi connectivity index (χ0) is 9.80. The fourth-order valence-electron chi connectivity index (χ4n) is 1.89. The summed E-state index contributed by atoms with van der Waals surface area (Å²) in [5.41, 5.74) is 0. The maximum absolute atomic E-state index is 11.5. The van der Waals surface area contributed by atoms with Crippen molar-refractivity contribution >= 4 is 6.09 Å². The van der Waals surface area contributed by atoms with E-state index in [0.717, 1.165) is 38.3 Å². The van der Waals surface area contributed by atoms with Crippen molar-refractivity contribution in [1.29, 1.82) is 0 Å². The molecule has 0 aromatic heterocycles. The first-order valence-corrected chi connectivity index (χ1v) is 5.78. The minimum atomic E-state index is -0.0923. The van der Waals surface area contributed by atoms with Crippen LogP contribution in [0.25, 0.3) is 0 Å². The number of ether oxygens (including phenoxy) is 1. The van der Waals surface area contributed by atoms with Crippen LogP contribution in [0, 0.1) is 5.92 Å². The molecule has 0 bridgehead atoms. The monoisotopic (exact) mass is 197 g/mol. The first-order chi connectivity index (χ1) is 6.86. The van der Waals surface area contributed by atoms with Gasteiger partial charge in [-0.1, -0.05) is 12.8 Å². The SMILES string of the molecule is O=C(OCCC1CC1)N1CCCCC1. The minimum absolute atomic E-state index is 0.0923. The van der Waals surface area contributed by atoms with Gasteiger partial charge in [0.25, 0.3) is 0 Å². The lowest BCUT2D eigenvalue weighted by molar-refractivity contribution is 0.0930. The van der Waals surface area contributed by atoms with E-state index in [0.29, 0.717) is 6.61 Å². The first-order valence-electron chi connectivity index (χ1n) is 5.78. The zero-order valence-corrected chi connectivity index (χ0v) is 8.71. The summed E-state index contributed by atoms with van der Waals surface area (Å²) < 4.78 is 5.22. The van der Waals surface area contributed by atoms with Crippen molar-refractivity contribution in [1.82, 2.24) is 4.90 Å². The highest BCUT2D eigenvalue weighted by Gasteiger charge is 2.22. The molecule has 0 aromatic rings. The van der Waals surface area contributed by atoms with Crippen LogP contribution in [0.3, 0.4) is 0 Å². The molecule has 3 nitrogen and oxygen atoms in total. The normalized spacial score (nSPS) is 22.1. The van der Waals surface area contributed by atoms with Crippen LogP contribution in [0.5, 0.6) is 0 Å². The topological polar surface area (TPSA) is 29.5 Å². The molecule has 0 spiro atoms. The number of hydrogen-bond acceptors (Lipinski definition) is 2. The third-order valence-electron chi connectivity index (χ3n) is 3.06. The molecule has 3 heteroatoms. The molecule has 1 saturated carbocycles. The summed E-state index contributed by atoms with van der Waals surface area (Å²) in [6.07, 6.45) is 7.18. The summed E-state index contributed by atoms with van der Waals surface area (Å²) in [5, 5.41) is 0. The van der Waals surface area contributed by atoms with Crippen molar-refractivity contribution in [2.75, 3.05) is 19.7 Å². The summed E-state index contributed by atoms with van der Waals surface area (Å²) in [5.74, 6) is 0.851. The number of likely N-dealkylation sites (tertiary alicyclic amines) is 1. The summed E-state index contributed by atoms with van der Waals surface area (Å²) in [7, 11) is 0. The Hall–Kier alpha value is -0.730. The highest BCUT2D eigenvalue weighted by atomic mass is 16.6. The van der Waals surface area contributed by atoms with Crippen LogP contribution in [0.4, 0.5) is 4.79 Å². The number of hydrogen-bond donors (Lipinski definition) is 0. The molecule has 14 heavy (non-hydrogen) atoms. The van der Waals surface area contributed by atoms with Crippen molar-refractivity contribution < 1.29 is 9.53 Å². The van der Waals surface area contributed by atoms with E-state index < -0.39 is 0 Å². The van der Waals surface area contributed by atoms with Gasteiger partial charge in [-0.2, -0.15) is 0 Å². The third kappa shape index (κ3) is 2.89. The molecule has 1 aliphatic carbocycles.